The van der Waals surface area contributed by atoms with E-state index in [0.717, 1.165) is 6.54 Å². The third-order valence-electron chi connectivity index (χ3n) is 4.36. The highest BCUT2D eigenvalue weighted by molar-refractivity contribution is 6.02. The molecule has 0 aromatic heterocycles. The first-order chi connectivity index (χ1) is 10.2. The number of methoxy groups -OCH3 is 2. The van der Waals surface area contributed by atoms with Crippen LogP contribution in [0.5, 0.6) is 11.5 Å². The summed E-state index contributed by atoms with van der Waals surface area (Å²) in [6, 6.07) is 5.75. The van der Waals surface area contributed by atoms with E-state index in [1.807, 2.05) is 0 Å². The molecule has 3 rings (SSSR count). The molecule has 2 unspecified atom stereocenters. The number of ketones is 1. The van der Waals surface area contributed by atoms with Crippen molar-refractivity contribution in [2.75, 3.05) is 33.9 Å². The number of benzene rings is 1. The molecule has 114 valence electrons. The van der Waals surface area contributed by atoms with Crippen molar-refractivity contribution in [3.8, 4) is 11.5 Å². The third-order valence-corrected chi connectivity index (χ3v) is 4.36. The maximum Gasteiger partial charge on any atom is 0.196 e. The van der Waals surface area contributed by atoms with Crippen LogP contribution in [-0.4, -0.2) is 56.7 Å². The Bertz CT molecular complexity index is 531. The summed E-state index contributed by atoms with van der Waals surface area (Å²) >= 11 is 0. The highest BCUT2D eigenvalue weighted by atomic mass is 16.5. The van der Waals surface area contributed by atoms with Gasteiger partial charge in [-0.25, -0.2) is 0 Å². The van der Waals surface area contributed by atoms with Crippen LogP contribution in [0.15, 0.2) is 18.2 Å². The van der Waals surface area contributed by atoms with Crippen LogP contribution in [0.1, 0.15) is 23.2 Å². The van der Waals surface area contributed by atoms with Gasteiger partial charge < -0.3 is 14.2 Å². The molecule has 0 amide bonds. The number of fused-ring (bicyclic) bond motifs is 1. The Hall–Kier alpha value is -1.59. The topological polar surface area (TPSA) is 48.0 Å². The zero-order valence-corrected chi connectivity index (χ0v) is 12.5. The first-order valence-corrected chi connectivity index (χ1v) is 7.35. The molecule has 2 aliphatic heterocycles. The van der Waals surface area contributed by atoms with Crippen molar-refractivity contribution < 1.29 is 19.0 Å². The quantitative estimate of drug-likeness (QED) is 0.791. The molecule has 21 heavy (non-hydrogen) atoms. The van der Waals surface area contributed by atoms with E-state index in [4.69, 9.17) is 14.2 Å². The van der Waals surface area contributed by atoms with Gasteiger partial charge >= 0.3 is 0 Å². The number of carbonyl (C=O) groups excluding carboxylic acids is 1. The van der Waals surface area contributed by atoms with Crippen molar-refractivity contribution >= 4 is 5.78 Å². The van der Waals surface area contributed by atoms with Gasteiger partial charge in [0.1, 0.15) is 17.6 Å². The fourth-order valence-corrected chi connectivity index (χ4v) is 3.15. The summed E-state index contributed by atoms with van der Waals surface area (Å²) in [5.41, 5.74) is 0.556. The lowest BCUT2D eigenvalue weighted by molar-refractivity contribution is -0.0345. The van der Waals surface area contributed by atoms with Crippen molar-refractivity contribution in [1.82, 2.24) is 4.90 Å². The number of hydrogen-bond donors (Lipinski definition) is 0. The van der Waals surface area contributed by atoms with Crippen molar-refractivity contribution in [2.24, 2.45) is 0 Å². The number of carbonyl (C=O) groups is 1. The average Bonchev–Trinajstić information content (AvgIpc) is 3.01. The minimum absolute atomic E-state index is 0.0140. The molecular formula is C16H21NO4. The number of morpholine rings is 1. The van der Waals surface area contributed by atoms with E-state index >= 15 is 0 Å². The van der Waals surface area contributed by atoms with E-state index in [1.165, 1.54) is 12.8 Å². The van der Waals surface area contributed by atoms with Crippen LogP contribution >= 0.6 is 0 Å². The van der Waals surface area contributed by atoms with Crippen LogP contribution in [0.2, 0.25) is 0 Å². The maximum absolute atomic E-state index is 12.7. The number of Topliss-reactive ketones (excluding diaryl/α,β-unsaturated/α-hetero) is 1. The predicted molar refractivity (Wildman–Crippen MR) is 78.2 cm³/mol. The van der Waals surface area contributed by atoms with E-state index in [9.17, 15) is 4.79 Å². The molecule has 5 heteroatoms. The molecular weight excluding hydrogens is 270 g/mol. The second kappa shape index (κ2) is 6.03. The highest BCUT2D eigenvalue weighted by Crippen LogP contribution is 2.29. The van der Waals surface area contributed by atoms with Gasteiger partial charge in [0.25, 0.3) is 0 Å². The first-order valence-electron chi connectivity index (χ1n) is 7.35. The molecule has 0 N–H and O–H groups in total. The van der Waals surface area contributed by atoms with Crippen molar-refractivity contribution in [3.05, 3.63) is 23.8 Å². The normalized spacial score (nSPS) is 25.4. The molecule has 1 aromatic carbocycles. The van der Waals surface area contributed by atoms with Gasteiger partial charge in [0, 0.05) is 18.7 Å². The van der Waals surface area contributed by atoms with E-state index < -0.39 is 6.10 Å². The number of ether oxygens (including phenoxy) is 3. The van der Waals surface area contributed by atoms with Crippen LogP contribution in [0.3, 0.4) is 0 Å². The van der Waals surface area contributed by atoms with Crippen LogP contribution in [0.4, 0.5) is 0 Å². The lowest BCUT2D eigenvalue weighted by Gasteiger charge is -2.34. The summed E-state index contributed by atoms with van der Waals surface area (Å²) in [4.78, 5) is 15.1. The van der Waals surface area contributed by atoms with Crippen LogP contribution in [-0.2, 0) is 4.74 Å². The Kier molecular flexibility index (Phi) is 4.12. The van der Waals surface area contributed by atoms with Crippen LogP contribution in [0, 0.1) is 0 Å². The Labute approximate surface area is 124 Å². The molecule has 2 saturated heterocycles. The molecule has 5 nitrogen and oxygen atoms in total. The first kappa shape index (κ1) is 14.4. The molecule has 0 bridgehead atoms. The zero-order valence-electron chi connectivity index (χ0n) is 12.5. The van der Waals surface area contributed by atoms with E-state index in [2.05, 4.69) is 4.90 Å². The Morgan fingerprint density at radius 2 is 2.19 bits per heavy atom. The van der Waals surface area contributed by atoms with Crippen molar-refractivity contribution in [1.29, 1.82) is 0 Å². The molecule has 0 spiro atoms. The molecule has 1 aromatic rings. The summed E-state index contributed by atoms with van der Waals surface area (Å²) < 4.78 is 16.3. The summed E-state index contributed by atoms with van der Waals surface area (Å²) in [5.74, 6) is 1.19. The van der Waals surface area contributed by atoms with E-state index in [-0.39, 0.29) is 5.78 Å². The molecule has 0 aliphatic carbocycles. The molecule has 0 saturated carbocycles. The average molecular weight is 291 g/mol. The van der Waals surface area contributed by atoms with Gasteiger partial charge in [-0.05, 0) is 31.5 Å². The van der Waals surface area contributed by atoms with Crippen molar-refractivity contribution in [2.45, 2.75) is 25.0 Å². The van der Waals surface area contributed by atoms with E-state index in [0.29, 0.717) is 36.3 Å². The lowest BCUT2D eigenvalue weighted by atomic mass is 10.0. The van der Waals surface area contributed by atoms with E-state index in [1.54, 1.807) is 32.4 Å². The zero-order chi connectivity index (χ0) is 14.8. The molecule has 2 aliphatic rings. The number of rotatable bonds is 4. The van der Waals surface area contributed by atoms with Gasteiger partial charge in [-0.15, -0.1) is 0 Å². The maximum atomic E-state index is 12.7. The summed E-state index contributed by atoms with van der Waals surface area (Å²) in [6.45, 7) is 2.39. The molecule has 0 radical (unpaired) electrons. The largest absolute Gasteiger partial charge is 0.497 e. The molecule has 2 heterocycles. The molecule has 2 atom stereocenters. The van der Waals surface area contributed by atoms with Gasteiger partial charge in [-0.2, -0.15) is 0 Å². The fourth-order valence-electron chi connectivity index (χ4n) is 3.15. The fraction of sp³-hybridized carbons (Fsp3) is 0.562. The predicted octanol–water partition coefficient (Wildman–Crippen LogP) is 1.75. The minimum Gasteiger partial charge on any atom is -0.497 e. The van der Waals surface area contributed by atoms with Crippen molar-refractivity contribution in [3.63, 3.8) is 0 Å². The molecule has 2 fully saturated rings. The Morgan fingerprint density at radius 1 is 1.33 bits per heavy atom. The number of nitrogens with zero attached hydrogens (tertiary/aromatic N) is 1. The van der Waals surface area contributed by atoms with Gasteiger partial charge in [0.05, 0.1) is 26.4 Å². The third kappa shape index (κ3) is 2.76. The standard InChI is InChI=1S/C16H21NO4/c1-19-12-5-6-13(14(8-12)20-2)16(18)15-9-17-7-3-4-11(17)10-21-15/h5-6,8,11,15H,3-4,7,9-10H2,1-2H3. The van der Waals surface area contributed by atoms with Gasteiger partial charge in [0.15, 0.2) is 5.78 Å². The second-order valence-electron chi connectivity index (χ2n) is 5.54. The van der Waals surface area contributed by atoms with Gasteiger partial charge in [-0.1, -0.05) is 0 Å². The SMILES string of the molecule is COc1ccc(C(=O)C2CN3CCCC3CO2)c(OC)c1. The summed E-state index contributed by atoms with van der Waals surface area (Å²) in [6.07, 6.45) is 1.97. The lowest BCUT2D eigenvalue weighted by Crippen LogP contribution is -2.49. The monoisotopic (exact) mass is 291 g/mol. The van der Waals surface area contributed by atoms with Crippen LogP contribution in [0.25, 0.3) is 0 Å². The minimum atomic E-state index is -0.401. The Balaban J connectivity index is 1.78. The Morgan fingerprint density at radius 3 is 2.95 bits per heavy atom. The summed E-state index contributed by atoms with van der Waals surface area (Å²) in [7, 11) is 3.15. The second-order valence-corrected chi connectivity index (χ2v) is 5.54. The van der Waals surface area contributed by atoms with Crippen LogP contribution < -0.4 is 9.47 Å². The smallest absolute Gasteiger partial charge is 0.196 e. The summed E-state index contributed by atoms with van der Waals surface area (Å²) in [5, 5.41) is 0. The van der Waals surface area contributed by atoms with Gasteiger partial charge in [0.2, 0.25) is 0 Å². The van der Waals surface area contributed by atoms with Gasteiger partial charge in [-0.3, -0.25) is 9.69 Å². The number of hydrogen-bond acceptors (Lipinski definition) is 5. The highest BCUT2D eigenvalue weighted by Gasteiger charge is 2.36.